The molecular weight excluding hydrogens is 357 g/mol. The van der Waals surface area contributed by atoms with E-state index in [1.54, 1.807) is 0 Å². The van der Waals surface area contributed by atoms with E-state index in [4.69, 9.17) is 11.6 Å². The molecule has 23 heavy (non-hydrogen) atoms. The fraction of sp³-hybridized carbons (Fsp3) is 0.562. The third-order valence-corrected chi connectivity index (χ3v) is 4.75. The Bertz CT molecular complexity index is 527. The topological polar surface area (TPSA) is 35.6 Å². The first-order valence-electron chi connectivity index (χ1n) is 7.66. The maximum Gasteiger partial charge on any atom is 0.227 e. The molecule has 0 aromatic heterocycles. The molecule has 1 N–H and O–H groups in total. The first-order valence-corrected chi connectivity index (χ1v) is 8.03. The summed E-state index contributed by atoms with van der Waals surface area (Å²) in [6.07, 6.45) is 0.979. The summed E-state index contributed by atoms with van der Waals surface area (Å²) in [6.45, 7) is 7.29. The summed E-state index contributed by atoms with van der Waals surface area (Å²) in [5, 5.41) is 4.04. The van der Waals surface area contributed by atoms with E-state index >= 15 is 0 Å². The summed E-state index contributed by atoms with van der Waals surface area (Å²) in [7, 11) is 0. The Morgan fingerprint density at radius 1 is 1.22 bits per heavy atom. The van der Waals surface area contributed by atoms with Crippen LogP contribution in [0.4, 0.5) is 5.69 Å². The Hall–Kier alpha value is -0.680. The first-order chi connectivity index (χ1) is 10.1. The smallest absolute Gasteiger partial charge is 0.227 e. The van der Waals surface area contributed by atoms with Gasteiger partial charge in [-0.05, 0) is 37.6 Å². The molecule has 0 bridgehead atoms. The molecule has 2 fully saturated rings. The zero-order valence-electron chi connectivity index (χ0n) is 13.3. The van der Waals surface area contributed by atoms with Crippen molar-refractivity contribution >= 4 is 48.0 Å². The second-order valence-electron chi connectivity index (χ2n) is 5.93. The molecule has 7 heteroatoms. The van der Waals surface area contributed by atoms with Gasteiger partial charge in [-0.1, -0.05) is 17.7 Å². The van der Waals surface area contributed by atoms with Gasteiger partial charge in [0.1, 0.15) is 0 Å². The van der Waals surface area contributed by atoms with Crippen LogP contribution in [0, 0.1) is 12.8 Å². The van der Waals surface area contributed by atoms with Crippen molar-refractivity contribution in [3.05, 3.63) is 28.8 Å². The zero-order chi connectivity index (χ0) is 14.8. The van der Waals surface area contributed by atoms with Crippen molar-refractivity contribution in [3.63, 3.8) is 0 Å². The fourth-order valence-electron chi connectivity index (χ4n) is 3.21. The third-order valence-electron chi connectivity index (χ3n) is 4.51. The Morgan fingerprint density at radius 3 is 2.52 bits per heavy atom. The van der Waals surface area contributed by atoms with E-state index in [1.165, 1.54) is 11.3 Å². The number of halogens is 3. The summed E-state index contributed by atoms with van der Waals surface area (Å²) < 4.78 is 0. The Balaban J connectivity index is 0.00000132. The van der Waals surface area contributed by atoms with Gasteiger partial charge in [-0.25, -0.2) is 0 Å². The predicted molar refractivity (Wildman–Crippen MR) is 100 cm³/mol. The molecule has 0 saturated carbocycles. The molecule has 3 rings (SSSR count). The minimum absolute atomic E-state index is 0. The first kappa shape index (κ1) is 20.4. The Morgan fingerprint density at radius 2 is 1.91 bits per heavy atom. The molecule has 0 spiro atoms. The number of nitrogens with zero attached hydrogens (tertiary/aromatic N) is 2. The predicted octanol–water partition coefficient (Wildman–Crippen LogP) is 2.75. The molecule has 2 heterocycles. The normalized spacial score (nSPS) is 20.7. The largest absolute Gasteiger partial charge is 0.368 e. The molecule has 0 radical (unpaired) electrons. The van der Waals surface area contributed by atoms with Crippen molar-refractivity contribution in [1.29, 1.82) is 0 Å². The van der Waals surface area contributed by atoms with Gasteiger partial charge in [0.25, 0.3) is 0 Å². The summed E-state index contributed by atoms with van der Waals surface area (Å²) in [5.74, 6) is 0.506. The molecule has 1 aromatic rings. The van der Waals surface area contributed by atoms with Crippen LogP contribution in [-0.2, 0) is 4.79 Å². The molecule has 2 aliphatic heterocycles. The van der Waals surface area contributed by atoms with Crippen molar-refractivity contribution < 1.29 is 4.79 Å². The van der Waals surface area contributed by atoms with Crippen molar-refractivity contribution in [2.45, 2.75) is 13.3 Å². The summed E-state index contributed by atoms with van der Waals surface area (Å²) in [4.78, 5) is 16.8. The molecule has 1 atom stereocenters. The summed E-state index contributed by atoms with van der Waals surface area (Å²) in [5.41, 5.74) is 2.43. The van der Waals surface area contributed by atoms with Crippen LogP contribution in [0.1, 0.15) is 12.0 Å². The number of amides is 1. The molecule has 1 amide bonds. The second kappa shape index (κ2) is 8.97. The lowest BCUT2D eigenvalue weighted by molar-refractivity contribution is -0.135. The molecule has 1 aromatic carbocycles. The Labute approximate surface area is 155 Å². The number of aryl methyl sites for hydroxylation is 1. The van der Waals surface area contributed by atoms with Crippen LogP contribution < -0.4 is 10.2 Å². The van der Waals surface area contributed by atoms with Crippen molar-refractivity contribution in [2.24, 2.45) is 5.92 Å². The standard InChI is InChI=1S/C16H22ClN3O.2ClH/c1-12-2-3-14(17)10-15(12)19-6-8-20(9-7-19)16(21)13-4-5-18-11-13;;/h2-3,10,13,18H,4-9,11H2,1H3;2*1H. The number of carbonyl (C=O) groups excluding carboxylic acids is 1. The van der Waals surface area contributed by atoms with Gasteiger partial charge in [-0.2, -0.15) is 0 Å². The average Bonchev–Trinajstić information content (AvgIpc) is 3.03. The minimum Gasteiger partial charge on any atom is -0.368 e. The van der Waals surface area contributed by atoms with Crippen LogP contribution in [-0.4, -0.2) is 50.1 Å². The fourth-order valence-corrected chi connectivity index (χ4v) is 3.38. The van der Waals surface area contributed by atoms with E-state index in [9.17, 15) is 4.79 Å². The van der Waals surface area contributed by atoms with E-state index in [2.05, 4.69) is 23.2 Å². The average molecular weight is 381 g/mol. The van der Waals surface area contributed by atoms with Crippen LogP contribution in [0.25, 0.3) is 0 Å². The zero-order valence-corrected chi connectivity index (χ0v) is 15.6. The highest BCUT2D eigenvalue weighted by molar-refractivity contribution is 6.30. The summed E-state index contributed by atoms with van der Waals surface area (Å²) in [6, 6.07) is 6.00. The highest BCUT2D eigenvalue weighted by atomic mass is 35.5. The lowest BCUT2D eigenvalue weighted by Crippen LogP contribution is -2.50. The van der Waals surface area contributed by atoms with E-state index in [0.29, 0.717) is 5.91 Å². The molecule has 130 valence electrons. The van der Waals surface area contributed by atoms with Crippen LogP contribution in [0.3, 0.4) is 0 Å². The van der Waals surface area contributed by atoms with Gasteiger partial charge < -0.3 is 15.1 Å². The molecule has 4 nitrogen and oxygen atoms in total. The molecule has 2 aliphatic rings. The molecule has 2 saturated heterocycles. The lowest BCUT2D eigenvalue weighted by Gasteiger charge is -2.37. The van der Waals surface area contributed by atoms with Gasteiger partial charge in [0.15, 0.2) is 0 Å². The van der Waals surface area contributed by atoms with Crippen molar-refractivity contribution in [2.75, 3.05) is 44.2 Å². The van der Waals surface area contributed by atoms with Crippen LogP contribution in [0.5, 0.6) is 0 Å². The minimum atomic E-state index is 0. The van der Waals surface area contributed by atoms with E-state index in [0.717, 1.165) is 50.7 Å². The molecular formula is C16H24Cl3N3O. The van der Waals surface area contributed by atoms with Gasteiger partial charge in [-0.3, -0.25) is 4.79 Å². The molecule has 0 aliphatic carbocycles. The number of piperazine rings is 1. The van der Waals surface area contributed by atoms with Gasteiger partial charge in [-0.15, -0.1) is 24.8 Å². The van der Waals surface area contributed by atoms with Gasteiger partial charge in [0.05, 0.1) is 5.92 Å². The highest BCUT2D eigenvalue weighted by Crippen LogP contribution is 2.25. The van der Waals surface area contributed by atoms with Crippen molar-refractivity contribution in [1.82, 2.24) is 10.2 Å². The van der Waals surface area contributed by atoms with Crippen LogP contribution >= 0.6 is 36.4 Å². The third kappa shape index (κ3) is 4.66. The monoisotopic (exact) mass is 379 g/mol. The maximum absolute atomic E-state index is 12.4. The van der Waals surface area contributed by atoms with E-state index in [-0.39, 0.29) is 30.7 Å². The van der Waals surface area contributed by atoms with E-state index in [1.807, 2.05) is 17.0 Å². The number of anilines is 1. The Kier molecular flexibility index (Phi) is 7.95. The second-order valence-corrected chi connectivity index (χ2v) is 6.37. The highest BCUT2D eigenvalue weighted by Gasteiger charge is 2.29. The number of nitrogens with one attached hydrogen (secondary N) is 1. The number of carbonyl (C=O) groups is 1. The SMILES string of the molecule is Cc1ccc(Cl)cc1N1CCN(C(=O)C2CCNC2)CC1.Cl.Cl. The van der Waals surface area contributed by atoms with Crippen LogP contribution in [0.2, 0.25) is 5.02 Å². The van der Waals surface area contributed by atoms with Gasteiger partial charge >= 0.3 is 0 Å². The number of hydrogen-bond acceptors (Lipinski definition) is 3. The van der Waals surface area contributed by atoms with Gasteiger partial charge in [0, 0.05) is 43.4 Å². The maximum atomic E-state index is 12.4. The quantitative estimate of drug-likeness (QED) is 0.857. The van der Waals surface area contributed by atoms with Crippen LogP contribution in [0.15, 0.2) is 18.2 Å². The number of rotatable bonds is 2. The number of hydrogen-bond donors (Lipinski definition) is 1. The molecule has 1 unspecified atom stereocenters. The summed E-state index contributed by atoms with van der Waals surface area (Å²) >= 11 is 6.10. The van der Waals surface area contributed by atoms with Crippen molar-refractivity contribution in [3.8, 4) is 0 Å². The lowest BCUT2D eigenvalue weighted by atomic mass is 10.1. The number of benzene rings is 1. The van der Waals surface area contributed by atoms with E-state index < -0.39 is 0 Å². The van der Waals surface area contributed by atoms with Gasteiger partial charge in [0.2, 0.25) is 5.91 Å².